The highest BCUT2D eigenvalue weighted by molar-refractivity contribution is 5.85. The van der Waals surface area contributed by atoms with Gasteiger partial charge in [-0.3, -0.25) is 18.9 Å². The van der Waals surface area contributed by atoms with Gasteiger partial charge in [0, 0.05) is 24.1 Å². The van der Waals surface area contributed by atoms with Crippen LogP contribution >= 0.6 is 24.8 Å². The zero-order valence-corrected chi connectivity index (χ0v) is 24.8. The van der Waals surface area contributed by atoms with Crippen LogP contribution in [0.4, 0.5) is 0 Å². The first-order valence-corrected chi connectivity index (χ1v) is 13.9. The molecule has 1 aliphatic rings. The largest absolute Gasteiger partial charge is 0.439 e. The van der Waals surface area contributed by atoms with Crippen molar-refractivity contribution in [2.24, 2.45) is 5.92 Å². The highest BCUT2D eigenvalue weighted by Crippen LogP contribution is 2.30. The van der Waals surface area contributed by atoms with Crippen LogP contribution in [-0.4, -0.2) is 19.7 Å². The summed E-state index contributed by atoms with van der Waals surface area (Å²) in [6, 6.07) is 16.0. The number of nitrogens with one attached hydrogen (secondary N) is 1. The summed E-state index contributed by atoms with van der Waals surface area (Å²) >= 11 is 0. The van der Waals surface area contributed by atoms with E-state index in [4.69, 9.17) is 9.51 Å². The third-order valence-electron chi connectivity index (χ3n) is 7.74. The standard InChI is InChI=1S/C31H36N4O3.2ClH/c1-3-4-14-28-27(30(36)35(21(2)32-28)20-23-10-6-5-7-11-23)19-22-15-17-24(18-16-22)25-12-8-9-13-26(25)29-33-31(37)38-34-29;;/h8-9,12-13,15-18,23H,3-7,10-11,14,19-20H2,1-2H3,(H,33,34,37);2*1H. The summed E-state index contributed by atoms with van der Waals surface area (Å²) in [6.45, 7) is 4.93. The maximum atomic E-state index is 13.8. The number of aromatic amines is 1. The van der Waals surface area contributed by atoms with Crippen molar-refractivity contribution < 1.29 is 4.52 Å². The normalized spacial score (nSPS) is 13.4. The van der Waals surface area contributed by atoms with Crippen LogP contribution in [-0.2, 0) is 19.4 Å². The van der Waals surface area contributed by atoms with Gasteiger partial charge in [0.25, 0.3) is 5.56 Å². The van der Waals surface area contributed by atoms with E-state index in [-0.39, 0.29) is 30.4 Å². The summed E-state index contributed by atoms with van der Waals surface area (Å²) in [5.74, 6) is 1.23. The molecule has 0 amide bonds. The number of hydrogen-bond acceptors (Lipinski definition) is 5. The number of H-pyrrole nitrogens is 1. The third kappa shape index (κ3) is 7.12. The molecule has 214 valence electrons. The van der Waals surface area contributed by atoms with Gasteiger partial charge < -0.3 is 0 Å². The van der Waals surface area contributed by atoms with Gasteiger partial charge in [0.2, 0.25) is 0 Å². The Labute approximate surface area is 247 Å². The second-order valence-corrected chi connectivity index (χ2v) is 10.5. The highest BCUT2D eigenvalue weighted by Gasteiger charge is 2.20. The number of rotatable bonds is 9. The van der Waals surface area contributed by atoms with Gasteiger partial charge in [0.05, 0.1) is 5.69 Å². The molecule has 0 spiro atoms. The molecule has 1 aliphatic carbocycles. The summed E-state index contributed by atoms with van der Waals surface area (Å²) < 4.78 is 6.65. The number of halogens is 2. The number of unbranched alkanes of at least 4 members (excludes halogenated alkanes) is 1. The van der Waals surface area contributed by atoms with Crippen LogP contribution in [0, 0.1) is 12.8 Å². The molecule has 0 atom stereocenters. The monoisotopic (exact) mass is 584 g/mol. The van der Waals surface area contributed by atoms with Crippen molar-refractivity contribution >= 4 is 24.8 Å². The summed E-state index contributed by atoms with van der Waals surface area (Å²) in [5.41, 5.74) is 5.70. The molecular formula is C31H38Cl2N4O3. The van der Waals surface area contributed by atoms with E-state index < -0.39 is 5.76 Å². The molecule has 4 aromatic rings. The fraction of sp³-hybridized carbons (Fsp3) is 0.419. The molecule has 9 heteroatoms. The molecule has 2 heterocycles. The van der Waals surface area contributed by atoms with Gasteiger partial charge in [-0.15, -0.1) is 24.8 Å². The highest BCUT2D eigenvalue weighted by atomic mass is 35.5. The number of benzene rings is 2. The molecule has 5 rings (SSSR count). The fourth-order valence-electron chi connectivity index (χ4n) is 5.62. The van der Waals surface area contributed by atoms with Crippen LogP contribution in [0.25, 0.3) is 22.5 Å². The topological polar surface area (TPSA) is 93.8 Å². The van der Waals surface area contributed by atoms with E-state index in [9.17, 15) is 9.59 Å². The van der Waals surface area contributed by atoms with E-state index in [1.807, 2.05) is 35.8 Å². The molecule has 2 aromatic carbocycles. The lowest BCUT2D eigenvalue weighted by molar-refractivity contribution is 0.311. The van der Waals surface area contributed by atoms with Crippen molar-refractivity contribution in [2.45, 2.75) is 78.2 Å². The quantitative estimate of drug-likeness (QED) is 0.230. The van der Waals surface area contributed by atoms with Crippen LogP contribution in [0.5, 0.6) is 0 Å². The van der Waals surface area contributed by atoms with Crippen molar-refractivity contribution in [1.82, 2.24) is 19.7 Å². The lowest BCUT2D eigenvalue weighted by atomic mass is 9.89. The maximum absolute atomic E-state index is 13.8. The van der Waals surface area contributed by atoms with Gasteiger partial charge in [-0.25, -0.2) is 9.78 Å². The van der Waals surface area contributed by atoms with Gasteiger partial charge in [0.15, 0.2) is 5.82 Å². The average molecular weight is 586 g/mol. The number of aromatic nitrogens is 4. The van der Waals surface area contributed by atoms with E-state index in [0.717, 1.165) is 65.1 Å². The van der Waals surface area contributed by atoms with E-state index in [1.54, 1.807) is 0 Å². The van der Waals surface area contributed by atoms with Crippen LogP contribution in [0.15, 0.2) is 62.6 Å². The van der Waals surface area contributed by atoms with Crippen molar-refractivity contribution in [3.8, 4) is 22.5 Å². The molecule has 1 saturated carbocycles. The Kier molecular flexibility index (Phi) is 11.3. The zero-order valence-electron chi connectivity index (χ0n) is 23.2. The summed E-state index contributed by atoms with van der Waals surface area (Å²) in [4.78, 5) is 32.9. The molecule has 0 aliphatic heterocycles. The van der Waals surface area contributed by atoms with E-state index in [1.165, 1.54) is 32.1 Å². The summed E-state index contributed by atoms with van der Waals surface area (Å²) in [6.07, 6.45) is 9.70. The second kappa shape index (κ2) is 14.5. The Balaban J connectivity index is 0.00000220. The van der Waals surface area contributed by atoms with E-state index in [0.29, 0.717) is 18.2 Å². The average Bonchev–Trinajstić information content (AvgIpc) is 3.38. The minimum Gasteiger partial charge on any atom is -0.296 e. The fourth-order valence-corrected chi connectivity index (χ4v) is 5.62. The summed E-state index contributed by atoms with van der Waals surface area (Å²) in [7, 11) is 0. The van der Waals surface area contributed by atoms with Crippen molar-refractivity contribution in [2.75, 3.05) is 0 Å². The van der Waals surface area contributed by atoms with Crippen LogP contribution in [0.3, 0.4) is 0 Å². The van der Waals surface area contributed by atoms with Crippen molar-refractivity contribution in [3.63, 3.8) is 0 Å². The molecule has 1 fully saturated rings. The Bertz CT molecular complexity index is 1500. The molecule has 0 bridgehead atoms. The van der Waals surface area contributed by atoms with E-state index >= 15 is 0 Å². The van der Waals surface area contributed by atoms with Crippen LogP contribution in [0.1, 0.15) is 74.5 Å². The predicted octanol–water partition coefficient (Wildman–Crippen LogP) is 6.92. The Hall–Kier alpha value is -3.16. The molecule has 0 unspecified atom stereocenters. The third-order valence-corrected chi connectivity index (χ3v) is 7.74. The smallest absolute Gasteiger partial charge is 0.296 e. The van der Waals surface area contributed by atoms with Gasteiger partial charge in [-0.1, -0.05) is 86.3 Å². The van der Waals surface area contributed by atoms with Gasteiger partial charge in [-0.2, -0.15) is 0 Å². The number of aryl methyl sites for hydroxylation is 2. The first-order valence-electron chi connectivity index (χ1n) is 13.9. The second-order valence-electron chi connectivity index (χ2n) is 10.5. The zero-order chi connectivity index (χ0) is 26.5. The van der Waals surface area contributed by atoms with Gasteiger partial charge in [-0.05, 0) is 55.2 Å². The minimum absolute atomic E-state index is 0. The SMILES string of the molecule is CCCCc1nc(C)n(CC2CCCCC2)c(=O)c1Cc1ccc(-c2ccccc2-c2noc(=O)[nH]2)cc1.Cl.Cl. The molecular weight excluding hydrogens is 547 g/mol. The Morgan fingerprint density at radius 1 is 0.975 bits per heavy atom. The number of hydrogen-bond donors (Lipinski definition) is 1. The first-order chi connectivity index (χ1) is 18.5. The minimum atomic E-state index is -0.579. The van der Waals surface area contributed by atoms with Crippen molar-refractivity contribution in [1.29, 1.82) is 0 Å². The number of nitrogens with zero attached hydrogens (tertiary/aromatic N) is 3. The Morgan fingerprint density at radius 2 is 1.68 bits per heavy atom. The summed E-state index contributed by atoms with van der Waals surface area (Å²) in [5, 5.41) is 3.86. The van der Waals surface area contributed by atoms with Crippen LogP contribution < -0.4 is 11.3 Å². The predicted molar refractivity (Wildman–Crippen MR) is 164 cm³/mol. The van der Waals surface area contributed by atoms with E-state index in [2.05, 4.69) is 41.3 Å². The van der Waals surface area contributed by atoms with Gasteiger partial charge >= 0.3 is 5.76 Å². The molecule has 0 radical (unpaired) electrons. The first kappa shape index (κ1) is 31.4. The Morgan fingerprint density at radius 3 is 2.33 bits per heavy atom. The molecule has 0 saturated heterocycles. The van der Waals surface area contributed by atoms with Gasteiger partial charge in [0.1, 0.15) is 5.82 Å². The van der Waals surface area contributed by atoms with Crippen molar-refractivity contribution in [3.05, 3.63) is 92.1 Å². The van der Waals surface area contributed by atoms with Crippen LogP contribution in [0.2, 0.25) is 0 Å². The maximum Gasteiger partial charge on any atom is 0.439 e. The molecule has 2 aromatic heterocycles. The lowest BCUT2D eigenvalue weighted by Crippen LogP contribution is -2.32. The lowest BCUT2D eigenvalue weighted by Gasteiger charge is -2.24. The molecule has 7 nitrogen and oxygen atoms in total. The molecule has 1 N–H and O–H groups in total. The molecule has 40 heavy (non-hydrogen) atoms.